The predicted molar refractivity (Wildman–Crippen MR) is 138 cm³/mol. The highest BCUT2D eigenvalue weighted by atomic mass is 79.9. The molecule has 0 aliphatic heterocycles. The van der Waals surface area contributed by atoms with E-state index in [2.05, 4.69) is 28.2 Å². The Balaban J connectivity index is 1.89. The zero-order chi connectivity index (χ0) is 25.0. The number of benzene rings is 3. The van der Waals surface area contributed by atoms with Gasteiger partial charge in [-0.05, 0) is 41.8 Å². The molecule has 0 radical (unpaired) electrons. The van der Waals surface area contributed by atoms with Gasteiger partial charge in [-0.3, -0.25) is 9.59 Å². The van der Waals surface area contributed by atoms with Gasteiger partial charge >= 0.3 is 0 Å². The molecule has 0 aliphatic carbocycles. The van der Waals surface area contributed by atoms with Crippen molar-refractivity contribution in [3.63, 3.8) is 0 Å². The van der Waals surface area contributed by atoms with Crippen LogP contribution in [0.4, 0.5) is 4.39 Å². The molecule has 184 valence electrons. The number of amides is 2. The van der Waals surface area contributed by atoms with E-state index in [1.165, 1.54) is 17.0 Å². The first-order chi connectivity index (χ1) is 17.0. The molecule has 0 aromatic heterocycles. The molecule has 0 saturated carbocycles. The quantitative estimate of drug-likeness (QED) is 0.307. The molecular weight excluding hydrogens is 511 g/mol. The Morgan fingerprint density at radius 3 is 2.43 bits per heavy atom. The Bertz CT molecular complexity index is 1110. The van der Waals surface area contributed by atoms with Crippen molar-refractivity contribution in [2.45, 2.75) is 38.8 Å². The third kappa shape index (κ3) is 8.21. The van der Waals surface area contributed by atoms with Crippen LogP contribution in [-0.4, -0.2) is 35.9 Å². The van der Waals surface area contributed by atoms with Crippen molar-refractivity contribution in [1.29, 1.82) is 0 Å². The maximum absolute atomic E-state index is 14.1. The summed E-state index contributed by atoms with van der Waals surface area (Å²) in [5.74, 6) is -1.18. The monoisotopic (exact) mass is 540 g/mol. The molecule has 0 fully saturated rings. The number of unbranched alkanes of at least 4 members (excludes halogenated alkanes) is 1. The predicted octanol–water partition coefficient (Wildman–Crippen LogP) is 5.52. The number of carbonyl (C=O) groups excluding carboxylic acids is 2. The minimum atomic E-state index is -0.759. The molecule has 0 heterocycles. The molecule has 35 heavy (non-hydrogen) atoms. The maximum atomic E-state index is 14.1. The van der Waals surface area contributed by atoms with Gasteiger partial charge in [0.1, 0.15) is 6.04 Å². The van der Waals surface area contributed by atoms with E-state index < -0.39 is 17.8 Å². The smallest absolute Gasteiger partial charge is 0.261 e. The largest absolute Gasteiger partial charge is 0.481 e. The highest BCUT2D eigenvalue weighted by Crippen LogP contribution is 2.19. The van der Waals surface area contributed by atoms with E-state index in [0.717, 1.165) is 28.4 Å². The number of halogens is 2. The topological polar surface area (TPSA) is 58.6 Å². The van der Waals surface area contributed by atoms with E-state index in [-0.39, 0.29) is 24.8 Å². The number of para-hydroxylation sites is 1. The summed E-state index contributed by atoms with van der Waals surface area (Å²) in [6.07, 6.45) is 2.14. The average molecular weight is 541 g/mol. The van der Waals surface area contributed by atoms with E-state index >= 15 is 0 Å². The summed E-state index contributed by atoms with van der Waals surface area (Å²) in [4.78, 5) is 28.3. The zero-order valence-corrected chi connectivity index (χ0v) is 21.3. The van der Waals surface area contributed by atoms with Crippen molar-refractivity contribution in [3.8, 4) is 5.75 Å². The molecule has 3 aromatic rings. The summed E-state index contributed by atoms with van der Waals surface area (Å²) in [6.45, 7) is 2.40. The van der Waals surface area contributed by atoms with Gasteiger partial charge in [0.05, 0.1) is 0 Å². The van der Waals surface area contributed by atoms with E-state index in [1.807, 2.05) is 54.6 Å². The van der Waals surface area contributed by atoms with Crippen molar-refractivity contribution >= 4 is 27.7 Å². The van der Waals surface area contributed by atoms with Crippen LogP contribution in [0.3, 0.4) is 0 Å². The standard InChI is InChI=1S/C28H30BrFN2O3/c1-2-3-16-31-28(34)25(18-21-10-5-4-6-11-21)32(19-22-12-9-13-23(29)17-22)27(33)20-35-26-15-8-7-14-24(26)30/h4-15,17,25H,2-3,16,18-20H2,1H3,(H,31,34). The van der Waals surface area contributed by atoms with Gasteiger partial charge in [-0.2, -0.15) is 0 Å². The molecular formula is C28H30BrFN2O3. The summed E-state index contributed by atoms with van der Waals surface area (Å²) >= 11 is 3.47. The second kappa shape index (κ2) is 13.6. The number of rotatable bonds is 12. The Hall–Kier alpha value is -3.19. The van der Waals surface area contributed by atoms with Crippen molar-refractivity contribution in [2.24, 2.45) is 0 Å². The van der Waals surface area contributed by atoms with Crippen LogP contribution in [0.15, 0.2) is 83.3 Å². The summed E-state index contributed by atoms with van der Waals surface area (Å²) < 4.78 is 20.4. The maximum Gasteiger partial charge on any atom is 0.261 e. The van der Waals surface area contributed by atoms with Crippen LogP contribution in [0, 0.1) is 5.82 Å². The van der Waals surface area contributed by atoms with Crippen LogP contribution in [0.2, 0.25) is 0 Å². The molecule has 1 unspecified atom stereocenters. The second-order valence-electron chi connectivity index (χ2n) is 8.22. The minimum Gasteiger partial charge on any atom is -0.481 e. The first-order valence-electron chi connectivity index (χ1n) is 11.7. The third-order valence-electron chi connectivity index (χ3n) is 5.53. The second-order valence-corrected chi connectivity index (χ2v) is 9.14. The molecule has 3 rings (SSSR count). The SMILES string of the molecule is CCCCNC(=O)C(Cc1ccccc1)N(Cc1cccc(Br)c1)C(=O)COc1ccccc1F. The third-order valence-corrected chi connectivity index (χ3v) is 6.02. The van der Waals surface area contributed by atoms with Crippen molar-refractivity contribution in [3.05, 3.63) is 100 Å². The van der Waals surface area contributed by atoms with Crippen LogP contribution in [0.25, 0.3) is 0 Å². The van der Waals surface area contributed by atoms with Gasteiger partial charge in [0.25, 0.3) is 5.91 Å². The fraction of sp³-hybridized carbons (Fsp3) is 0.286. The molecule has 0 spiro atoms. The van der Waals surface area contributed by atoms with Gasteiger partial charge in [0, 0.05) is 24.0 Å². The van der Waals surface area contributed by atoms with Crippen molar-refractivity contribution in [1.82, 2.24) is 10.2 Å². The van der Waals surface area contributed by atoms with E-state index in [0.29, 0.717) is 13.0 Å². The lowest BCUT2D eigenvalue weighted by Gasteiger charge is -2.31. The number of hydrogen-bond donors (Lipinski definition) is 1. The van der Waals surface area contributed by atoms with E-state index in [9.17, 15) is 14.0 Å². The van der Waals surface area contributed by atoms with Crippen LogP contribution >= 0.6 is 15.9 Å². The minimum absolute atomic E-state index is 0.00439. The van der Waals surface area contributed by atoms with Crippen LogP contribution < -0.4 is 10.1 Å². The van der Waals surface area contributed by atoms with Crippen LogP contribution in [-0.2, 0) is 22.6 Å². The first kappa shape index (κ1) is 26.4. The summed E-state index contributed by atoms with van der Waals surface area (Å²) in [6, 6.07) is 22.4. The molecule has 1 atom stereocenters. The number of ether oxygens (including phenoxy) is 1. The van der Waals surface area contributed by atoms with Gasteiger partial charge in [-0.25, -0.2) is 4.39 Å². The molecule has 7 heteroatoms. The average Bonchev–Trinajstić information content (AvgIpc) is 2.86. The molecule has 5 nitrogen and oxygen atoms in total. The Labute approximate surface area is 214 Å². The first-order valence-corrected chi connectivity index (χ1v) is 12.5. The molecule has 3 aromatic carbocycles. The lowest BCUT2D eigenvalue weighted by Crippen LogP contribution is -2.51. The molecule has 2 amide bonds. The number of nitrogens with one attached hydrogen (secondary N) is 1. The van der Waals surface area contributed by atoms with Crippen molar-refractivity contribution in [2.75, 3.05) is 13.2 Å². The van der Waals surface area contributed by atoms with E-state index in [4.69, 9.17) is 4.74 Å². The molecule has 0 bridgehead atoms. The fourth-order valence-electron chi connectivity index (χ4n) is 3.68. The normalized spacial score (nSPS) is 11.5. The summed E-state index contributed by atoms with van der Waals surface area (Å²) in [7, 11) is 0. The highest BCUT2D eigenvalue weighted by Gasteiger charge is 2.30. The molecule has 1 N–H and O–H groups in total. The summed E-state index contributed by atoms with van der Waals surface area (Å²) in [5, 5.41) is 2.98. The van der Waals surface area contributed by atoms with Gasteiger partial charge in [0.2, 0.25) is 5.91 Å². The Kier molecular flexibility index (Phi) is 10.3. The van der Waals surface area contributed by atoms with Gasteiger partial charge in [-0.1, -0.05) is 83.9 Å². The molecule has 0 aliphatic rings. The Morgan fingerprint density at radius 1 is 1.00 bits per heavy atom. The number of nitrogens with zero attached hydrogens (tertiary/aromatic N) is 1. The summed E-state index contributed by atoms with van der Waals surface area (Å²) in [5.41, 5.74) is 1.79. The lowest BCUT2D eigenvalue weighted by atomic mass is 10.0. The highest BCUT2D eigenvalue weighted by molar-refractivity contribution is 9.10. The van der Waals surface area contributed by atoms with Crippen molar-refractivity contribution < 1.29 is 18.7 Å². The zero-order valence-electron chi connectivity index (χ0n) is 19.8. The lowest BCUT2D eigenvalue weighted by molar-refractivity contribution is -0.142. The Morgan fingerprint density at radius 2 is 1.71 bits per heavy atom. The van der Waals surface area contributed by atoms with Gasteiger partial charge in [0.15, 0.2) is 18.2 Å². The number of carbonyl (C=O) groups is 2. The number of hydrogen-bond acceptors (Lipinski definition) is 3. The molecule has 0 saturated heterocycles. The fourth-order valence-corrected chi connectivity index (χ4v) is 4.12. The van der Waals surface area contributed by atoms with E-state index in [1.54, 1.807) is 12.1 Å². The van der Waals surface area contributed by atoms with Crippen LogP contribution in [0.1, 0.15) is 30.9 Å². The van der Waals surface area contributed by atoms with Crippen LogP contribution in [0.5, 0.6) is 5.75 Å². The van der Waals surface area contributed by atoms with Gasteiger partial charge in [-0.15, -0.1) is 0 Å². The van der Waals surface area contributed by atoms with Gasteiger partial charge < -0.3 is 15.0 Å².